The first-order valence-corrected chi connectivity index (χ1v) is 8.70. The summed E-state index contributed by atoms with van der Waals surface area (Å²) in [6, 6.07) is 26.3. The molecule has 18 heavy (non-hydrogen) atoms. The van der Waals surface area contributed by atoms with Gasteiger partial charge in [0.1, 0.15) is 8.80 Å². The van der Waals surface area contributed by atoms with E-state index >= 15 is 0 Å². The third kappa shape index (κ3) is 1.98. The van der Waals surface area contributed by atoms with Gasteiger partial charge in [-0.2, -0.15) is 0 Å². The summed E-state index contributed by atoms with van der Waals surface area (Å²) in [6.07, 6.45) is 0. The maximum Gasteiger partial charge on any atom is 0.100 e. The highest BCUT2D eigenvalue weighted by Gasteiger charge is 2.12. The Kier molecular flexibility index (Phi) is 2.99. The molecule has 0 nitrogen and oxygen atoms in total. The van der Waals surface area contributed by atoms with E-state index in [-0.39, 0.29) is 0 Å². The van der Waals surface area contributed by atoms with Crippen LogP contribution < -0.4 is 10.4 Å². The molecular weight excluding hydrogens is 232 g/mol. The lowest BCUT2D eigenvalue weighted by Gasteiger charge is -2.13. The van der Waals surface area contributed by atoms with Crippen molar-refractivity contribution in [2.45, 2.75) is 6.55 Å². The van der Waals surface area contributed by atoms with Crippen molar-refractivity contribution in [3.8, 4) is 0 Å². The molecule has 0 saturated carbocycles. The van der Waals surface area contributed by atoms with Gasteiger partial charge in [-0.25, -0.2) is 0 Å². The van der Waals surface area contributed by atoms with Gasteiger partial charge < -0.3 is 0 Å². The largest absolute Gasteiger partial charge is 0.100 e. The Hall–Kier alpha value is -1.86. The van der Waals surface area contributed by atoms with Crippen molar-refractivity contribution in [2.75, 3.05) is 0 Å². The Morgan fingerprint density at radius 1 is 0.667 bits per heavy atom. The molecule has 0 bridgehead atoms. The summed E-state index contributed by atoms with van der Waals surface area (Å²) in [5.74, 6) is 0. The van der Waals surface area contributed by atoms with E-state index in [0.717, 1.165) is 0 Å². The van der Waals surface area contributed by atoms with E-state index < -0.39 is 8.80 Å². The summed E-state index contributed by atoms with van der Waals surface area (Å²) in [5.41, 5.74) is 0. The van der Waals surface area contributed by atoms with Gasteiger partial charge in [-0.05, 0) is 10.8 Å². The van der Waals surface area contributed by atoms with Crippen molar-refractivity contribution in [1.82, 2.24) is 0 Å². The van der Waals surface area contributed by atoms with Crippen molar-refractivity contribution in [3.63, 3.8) is 0 Å². The smallest absolute Gasteiger partial charge is 0.0641 e. The molecule has 0 N–H and O–H groups in total. The molecule has 0 radical (unpaired) electrons. The Morgan fingerprint density at radius 3 is 2.17 bits per heavy atom. The molecule has 0 fully saturated rings. The molecule has 3 aromatic rings. The number of benzene rings is 3. The molecule has 3 rings (SSSR count). The van der Waals surface area contributed by atoms with Gasteiger partial charge >= 0.3 is 0 Å². The quantitative estimate of drug-likeness (QED) is 0.612. The van der Waals surface area contributed by atoms with Crippen molar-refractivity contribution < 1.29 is 0 Å². The Morgan fingerprint density at radius 2 is 1.33 bits per heavy atom. The molecule has 0 unspecified atom stereocenters. The molecule has 88 valence electrons. The summed E-state index contributed by atoms with van der Waals surface area (Å²) in [4.78, 5) is 0. The van der Waals surface area contributed by atoms with Crippen LogP contribution in [0.3, 0.4) is 0 Å². The SMILES string of the molecule is C[Si@H](c1ccccc1)c1cccc2ccccc12. The van der Waals surface area contributed by atoms with Crippen LogP contribution in [0, 0.1) is 0 Å². The van der Waals surface area contributed by atoms with E-state index in [0.29, 0.717) is 0 Å². The van der Waals surface area contributed by atoms with E-state index in [1.165, 1.54) is 16.0 Å². The lowest BCUT2D eigenvalue weighted by atomic mass is 10.1. The van der Waals surface area contributed by atoms with Crippen molar-refractivity contribution in [2.24, 2.45) is 0 Å². The molecule has 3 aromatic carbocycles. The van der Waals surface area contributed by atoms with Crippen molar-refractivity contribution in [1.29, 1.82) is 0 Å². The minimum atomic E-state index is -1.07. The lowest BCUT2D eigenvalue weighted by molar-refractivity contribution is 1.74. The number of hydrogen-bond acceptors (Lipinski definition) is 0. The van der Waals surface area contributed by atoms with E-state index in [1.54, 1.807) is 5.19 Å². The second kappa shape index (κ2) is 4.79. The van der Waals surface area contributed by atoms with E-state index in [2.05, 4.69) is 79.3 Å². The second-order valence-electron chi connectivity index (χ2n) is 4.70. The Bertz CT molecular complexity index is 653. The second-order valence-corrected chi connectivity index (χ2v) is 7.43. The Balaban J connectivity index is 2.15. The van der Waals surface area contributed by atoms with Crippen LogP contribution in [-0.2, 0) is 0 Å². The third-order valence-corrected chi connectivity index (χ3v) is 6.41. The number of fused-ring (bicyclic) bond motifs is 1. The fraction of sp³-hybridized carbons (Fsp3) is 0.0588. The molecule has 0 amide bonds. The molecule has 0 aromatic heterocycles. The van der Waals surface area contributed by atoms with Gasteiger partial charge in [-0.1, -0.05) is 89.7 Å². The summed E-state index contributed by atoms with van der Waals surface area (Å²) < 4.78 is 0. The van der Waals surface area contributed by atoms with Gasteiger partial charge in [0, 0.05) is 0 Å². The van der Waals surface area contributed by atoms with Crippen LogP contribution in [0.25, 0.3) is 10.8 Å². The fourth-order valence-corrected chi connectivity index (χ4v) is 4.84. The number of hydrogen-bond donors (Lipinski definition) is 0. The Labute approximate surface area is 110 Å². The van der Waals surface area contributed by atoms with Crippen LogP contribution in [0.1, 0.15) is 0 Å². The maximum atomic E-state index is 2.41. The molecule has 1 heteroatoms. The summed E-state index contributed by atoms with van der Waals surface area (Å²) in [7, 11) is -1.07. The van der Waals surface area contributed by atoms with Gasteiger partial charge in [0.15, 0.2) is 0 Å². The third-order valence-electron chi connectivity index (χ3n) is 3.59. The van der Waals surface area contributed by atoms with Crippen LogP contribution in [-0.4, -0.2) is 8.80 Å². The van der Waals surface area contributed by atoms with Gasteiger partial charge in [0.2, 0.25) is 0 Å². The monoisotopic (exact) mass is 248 g/mol. The molecule has 0 aliphatic heterocycles. The zero-order valence-electron chi connectivity index (χ0n) is 10.5. The fourth-order valence-electron chi connectivity index (χ4n) is 2.55. The molecule has 0 heterocycles. The molecule has 0 saturated heterocycles. The van der Waals surface area contributed by atoms with Crippen LogP contribution in [0.5, 0.6) is 0 Å². The first-order valence-electron chi connectivity index (χ1n) is 6.39. The number of rotatable bonds is 2. The normalized spacial score (nSPS) is 12.5. The van der Waals surface area contributed by atoms with E-state index in [9.17, 15) is 0 Å². The molecule has 0 aliphatic carbocycles. The standard InChI is InChI=1S/C17H16Si/c1-18(15-10-3-2-4-11-15)17-13-7-9-14-8-5-6-12-16(14)17/h2-13,18H,1H3/t18-/m1/s1. The maximum absolute atomic E-state index is 2.41. The highest BCUT2D eigenvalue weighted by molar-refractivity contribution is 6.85. The van der Waals surface area contributed by atoms with Crippen molar-refractivity contribution >= 4 is 29.9 Å². The molecular formula is C17H16Si. The predicted octanol–water partition coefficient (Wildman–Crippen LogP) is 2.81. The van der Waals surface area contributed by atoms with Crippen molar-refractivity contribution in [3.05, 3.63) is 72.8 Å². The van der Waals surface area contributed by atoms with Crippen LogP contribution in [0.2, 0.25) is 6.55 Å². The topological polar surface area (TPSA) is 0 Å². The average Bonchev–Trinajstić information content (AvgIpc) is 2.47. The van der Waals surface area contributed by atoms with Crippen LogP contribution in [0.4, 0.5) is 0 Å². The van der Waals surface area contributed by atoms with Gasteiger partial charge in [0.05, 0.1) is 0 Å². The molecule has 1 atom stereocenters. The lowest BCUT2D eigenvalue weighted by Crippen LogP contribution is -2.39. The van der Waals surface area contributed by atoms with Crippen LogP contribution in [0.15, 0.2) is 72.8 Å². The highest BCUT2D eigenvalue weighted by atomic mass is 28.3. The highest BCUT2D eigenvalue weighted by Crippen LogP contribution is 2.11. The first-order chi connectivity index (χ1) is 8.86. The predicted molar refractivity (Wildman–Crippen MR) is 82.7 cm³/mol. The first kappa shape index (κ1) is 11.2. The van der Waals surface area contributed by atoms with Gasteiger partial charge in [0.25, 0.3) is 0 Å². The van der Waals surface area contributed by atoms with E-state index in [1.807, 2.05) is 0 Å². The average molecular weight is 248 g/mol. The van der Waals surface area contributed by atoms with Gasteiger partial charge in [-0.3, -0.25) is 0 Å². The molecule has 0 spiro atoms. The van der Waals surface area contributed by atoms with E-state index in [4.69, 9.17) is 0 Å². The van der Waals surface area contributed by atoms with Crippen LogP contribution >= 0.6 is 0 Å². The minimum absolute atomic E-state index is 1.07. The minimum Gasteiger partial charge on any atom is -0.0641 e. The zero-order valence-corrected chi connectivity index (χ0v) is 11.7. The summed E-state index contributed by atoms with van der Waals surface area (Å²) in [5, 5.41) is 5.82. The van der Waals surface area contributed by atoms with Gasteiger partial charge in [-0.15, -0.1) is 0 Å². The molecule has 0 aliphatic rings. The zero-order chi connectivity index (χ0) is 12.4. The summed E-state index contributed by atoms with van der Waals surface area (Å²) >= 11 is 0. The summed E-state index contributed by atoms with van der Waals surface area (Å²) in [6.45, 7) is 2.41.